The van der Waals surface area contributed by atoms with Gasteiger partial charge in [-0.25, -0.2) is 4.98 Å². The molecule has 90 valence electrons. The molecule has 0 spiro atoms. The van der Waals surface area contributed by atoms with E-state index in [9.17, 15) is 5.11 Å². The van der Waals surface area contributed by atoms with Crippen molar-refractivity contribution in [3.8, 4) is 5.88 Å². The van der Waals surface area contributed by atoms with E-state index in [1.165, 1.54) is 0 Å². The molecule has 4 heterocycles. The molecule has 0 aliphatic carbocycles. The molecule has 3 aromatic heterocycles. The first-order chi connectivity index (χ1) is 8.84. The Labute approximate surface area is 106 Å². The molecule has 3 aromatic rings. The Bertz CT molecular complexity index is 769. The van der Waals surface area contributed by atoms with Crippen molar-refractivity contribution in [2.75, 3.05) is 5.75 Å². The van der Waals surface area contributed by atoms with E-state index in [1.807, 2.05) is 4.68 Å². The lowest BCUT2D eigenvalue weighted by molar-refractivity contribution is -0.786. The number of aryl methyl sites for hydroxylation is 1. The predicted octanol–water partition coefficient (Wildman–Crippen LogP) is 0.134. The Morgan fingerprint density at radius 3 is 3.33 bits per heavy atom. The van der Waals surface area contributed by atoms with Gasteiger partial charge in [0.1, 0.15) is 12.1 Å². The van der Waals surface area contributed by atoms with Crippen molar-refractivity contribution in [1.29, 1.82) is 0 Å². The SMILES string of the molecule is [O-]c1nn2c3[n+](nc2c2ncccc12)CCCS3. The number of pyridine rings is 1. The van der Waals surface area contributed by atoms with Gasteiger partial charge in [0.2, 0.25) is 0 Å². The van der Waals surface area contributed by atoms with Crippen LogP contribution in [0.4, 0.5) is 0 Å². The van der Waals surface area contributed by atoms with E-state index in [4.69, 9.17) is 0 Å². The quantitative estimate of drug-likeness (QED) is 0.537. The number of hydrogen-bond donors (Lipinski definition) is 0. The first-order valence-corrected chi connectivity index (χ1v) is 6.70. The van der Waals surface area contributed by atoms with E-state index in [0.29, 0.717) is 16.6 Å². The fourth-order valence-corrected chi connectivity index (χ4v) is 3.18. The third-order valence-electron chi connectivity index (χ3n) is 3.00. The average Bonchev–Trinajstić information content (AvgIpc) is 2.78. The highest BCUT2D eigenvalue weighted by molar-refractivity contribution is 7.99. The third-order valence-corrected chi connectivity index (χ3v) is 4.14. The van der Waals surface area contributed by atoms with Crippen LogP contribution < -0.4 is 9.79 Å². The van der Waals surface area contributed by atoms with Crippen LogP contribution in [-0.2, 0) is 6.54 Å². The van der Waals surface area contributed by atoms with Gasteiger partial charge in [0.25, 0.3) is 0 Å². The Morgan fingerprint density at radius 2 is 2.39 bits per heavy atom. The van der Waals surface area contributed by atoms with Crippen LogP contribution in [0.15, 0.2) is 23.5 Å². The molecule has 0 aromatic carbocycles. The van der Waals surface area contributed by atoms with E-state index in [1.54, 1.807) is 34.6 Å². The van der Waals surface area contributed by atoms with Crippen LogP contribution in [0, 0.1) is 0 Å². The van der Waals surface area contributed by atoms with Crippen molar-refractivity contribution in [2.45, 2.75) is 18.1 Å². The summed E-state index contributed by atoms with van der Waals surface area (Å²) in [5, 5.41) is 22.0. The molecule has 0 unspecified atom stereocenters. The summed E-state index contributed by atoms with van der Waals surface area (Å²) in [6, 6.07) is 3.48. The minimum Gasteiger partial charge on any atom is -0.856 e. The van der Waals surface area contributed by atoms with Crippen molar-refractivity contribution in [2.24, 2.45) is 0 Å². The maximum Gasteiger partial charge on any atom is 0.366 e. The van der Waals surface area contributed by atoms with Crippen molar-refractivity contribution >= 4 is 28.3 Å². The molecule has 6 nitrogen and oxygen atoms in total. The van der Waals surface area contributed by atoms with Gasteiger partial charge in [-0.3, -0.25) is 0 Å². The fraction of sp³-hybridized carbons (Fsp3) is 0.273. The second-order valence-electron chi connectivity index (χ2n) is 4.15. The Morgan fingerprint density at radius 1 is 1.44 bits per heavy atom. The summed E-state index contributed by atoms with van der Waals surface area (Å²) in [7, 11) is 0. The zero-order chi connectivity index (χ0) is 12.1. The molecule has 0 saturated heterocycles. The van der Waals surface area contributed by atoms with E-state index < -0.39 is 0 Å². The molecule has 0 amide bonds. The molecule has 0 radical (unpaired) electrons. The highest BCUT2D eigenvalue weighted by Gasteiger charge is 2.27. The van der Waals surface area contributed by atoms with Gasteiger partial charge in [-0.2, -0.15) is 0 Å². The third kappa shape index (κ3) is 1.25. The number of fused-ring (bicyclic) bond motifs is 5. The van der Waals surface area contributed by atoms with Gasteiger partial charge >= 0.3 is 10.8 Å². The molecule has 0 saturated carbocycles. The molecule has 0 fully saturated rings. The molecular weight excluding hydrogens is 250 g/mol. The van der Waals surface area contributed by atoms with Crippen LogP contribution in [-0.4, -0.2) is 25.4 Å². The van der Waals surface area contributed by atoms with Crippen LogP contribution in [0.1, 0.15) is 6.42 Å². The molecule has 1 aliphatic heterocycles. The highest BCUT2D eigenvalue weighted by Crippen LogP contribution is 2.25. The minimum atomic E-state index is -0.252. The second kappa shape index (κ2) is 3.55. The molecule has 18 heavy (non-hydrogen) atoms. The molecular formula is C11H9N5OS. The maximum atomic E-state index is 12.0. The summed E-state index contributed by atoms with van der Waals surface area (Å²) in [5.41, 5.74) is 1.29. The Kier molecular flexibility index (Phi) is 1.99. The van der Waals surface area contributed by atoms with Gasteiger partial charge in [0.15, 0.2) is 0 Å². The van der Waals surface area contributed by atoms with Gasteiger partial charge < -0.3 is 5.11 Å². The standard InChI is InChI=1S/C11H9N5OS/c17-10-7-3-1-4-12-8(7)9-13-15-5-2-6-18-11(15)16(9)14-10/h1,3-4H,2,5-6H2. The maximum absolute atomic E-state index is 12.0. The summed E-state index contributed by atoms with van der Waals surface area (Å²) >= 11 is 1.68. The lowest BCUT2D eigenvalue weighted by Gasteiger charge is -2.06. The van der Waals surface area contributed by atoms with Gasteiger partial charge in [-0.1, -0.05) is 9.61 Å². The van der Waals surface area contributed by atoms with Crippen molar-refractivity contribution < 1.29 is 9.79 Å². The summed E-state index contributed by atoms with van der Waals surface area (Å²) in [6.07, 6.45) is 2.76. The summed E-state index contributed by atoms with van der Waals surface area (Å²) in [6.45, 7) is 0.869. The largest absolute Gasteiger partial charge is 0.856 e. The zero-order valence-corrected chi connectivity index (χ0v) is 10.2. The second-order valence-corrected chi connectivity index (χ2v) is 5.21. The lowest BCUT2D eigenvalue weighted by Crippen LogP contribution is -2.40. The fourth-order valence-electron chi connectivity index (χ4n) is 2.20. The number of hydrogen-bond acceptors (Lipinski definition) is 5. The number of aromatic nitrogens is 5. The van der Waals surface area contributed by atoms with E-state index >= 15 is 0 Å². The summed E-state index contributed by atoms with van der Waals surface area (Å²) in [4.78, 5) is 4.27. The van der Waals surface area contributed by atoms with Crippen molar-refractivity contribution in [3.63, 3.8) is 0 Å². The first-order valence-electron chi connectivity index (χ1n) is 5.72. The summed E-state index contributed by atoms with van der Waals surface area (Å²) < 4.78 is 3.53. The van der Waals surface area contributed by atoms with Gasteiger partial charge in [-0.05, 0) is 35.4 Å². The first kappa shape index (κ1) is 10.1. The highest BCUT2D eigenvalue weighted by atomic mass is 32.2. The van der Waals surface area contributed by atoms with Crippen LogP contribution in [0.3, 0.4) is 0 Å². The number of thioether (sulfide) groups is 1. The van der Waals surface area contributed by atoms with Gasteiger partial charge in [-0.15, -0.1) is 4.68 Å². The van der Waals surface area contributed by atoms with Crippen LogP contribution >= 0.6 is 11.8 Å². The Balaban J connectivity index is 2.20. The van der Waals surface area contributed by atoms with E-state index in [0.717, 1.165) is 23.9 Å². The minimum absolute atomic E-state index is 0.252. The topological polar surface area (TPSA) is 70.0 Å². The molecule has 1 aliphatic rings. The van der Waals surface area contributed by atoms with Crippen molar-refractivity contribution in [3.05, 3.63) is 18.3 Å². The average molecular weight is 259 g/mol. The number of rotatable bonds is 0. The monoisotopic (exact) mass is 259 g/mol. The molecule has 7 heteroatoms. The van der Waals surface area contributed by atoms with Crippen LogP contribution in [0.5, 0.6) is 5.88 Å². The molecule has 0 N–H and O–H groups in total. The van der Waals surface area contributed by atoms with E-state index in [2.05, 4.69) is 15.2 Å². The van der Waals surface area contributed by atoms with Gasteiger partial charge in [0.05, 0.1) is 0 Å². The Hall–Kier alpha value is -1.89. The van der Waals surface area contributed by atoms with Crippen LogP contribution in [0.25, 0.3) is 16.6 Å². The normalized spacial score (nSPS) is 15.1. The van der Waals surface area contributed by atoms with Crippen molar-refractivity contribution in [1.82, 2.24) is 19.7 Å². The molecule has 0 bridgehead atoms. The predicted molar refractivity (Wildman–Crippen MR) is 63.3 cm³/mol. The van der Waals surface area contributed by atoms with E-state index in [-0.39, 0.29) is 5.88 Å². The van der Waals surface area contributed by atoms with Crippen LogP contribution in [0.2, 0.25) is 0 Å². The zero-order valence-electron chi connectivity index (χ0n) is 9.41. The van der Waals surface area contributed by atoms with Gasteiger partial charge in [0, 0.05) is 23.2 Å². The lowest BCUT2D eigenvalue weighted by atomic mass is 10.3. The molecule has 4 rings (SSSR count). The summed E-state index contributed by atoms with van der Waals surface area (Å²) in [5.74, 6) is 0.779. The number of nitrogens with zero attached hydrogens (tertiary/aromatic N) is 5. The molecule has 0 atom stereocenters. The smallest absolute Gasteiger partial charge is 0.366 e.